The molecule has 0 aliphatic carbocycles. The zero-order chi connectivity index (χ0) is 76.1. The van der Waals surface area contributed by atoms with Crippen LogP contribution in [0.15, 0.2) is 0 Å². The number of nitrogens with one attached hydrogen (secondary N) is 3. The van der Waals surface area contributed by atoms with E-state index in [0.29, 0.717) is 32.1 Å². The predicted molar refractivity (Wildman–Crippen MR) is 400 cm³/mol. The number of rotatable bonds is 77. The molecule has 3 unspecified atom stereocenters. The molecule has 26 heteroatoms. The van der Waals surface area contributed by atoms with Gasteiger partial charge in [-0.3, -0.25) is 72.4 Å². The fourth-order valence-electron chi connectivity index (χ4n) is 13.3. The topological polar surface area (TPSA) is 366 Å². The Kier molecular flexibility index (Phi) is 58.3. The molecule has 0 bridgehead atoms. The third kappa shape index (κ3) is 56.6. The van der Waals surface area contributed by atoms with Gasteiger partial charge in [-0.1, -0.05) is 252 Å². The van der Waals surface area contributed by atoms with Gasteiger partial charge in [0.15, 0.2) is 0 Å². The molecule has 9 N–H and O–H groups in total. The van der Waals surface area contributed by atoms with E-state index in [4.69, 9.17) is 9.47 Å². The summed E-state index contributed by atoms with van der Waals surface area (Å²) in [6, 6.07) is -1.25. The van der Waals surface area contributed by atoms with E-state index in [2.05, 4.69) is 36.7 Å². The van der Waals surface area contributed by atoms with E-state index in [1.54, 1.807) is 7.05 Å². The van der Waals surface area contributed by atoms with Crippen LogP contribution in [0, 0.1) is 0 Å². The number of carboxylic acid groups (broad SMARTS) is 6. The molecule has 1 aliphatic heterocycles. The maximum atomic E-state index is 13.9. The maximum Gasteiger partial charge on any atom is 0.317 e. The van der Waals surface area contributed by atoms with Crippen LogP contribution in [0.25, 0.3) is 0 Å². The molecule has 0 spiro atoms. The second-order valence-corrected chi connectivity index (χ2v) is 29.2. The summed E-state index contributed by atoms with van der Waals surface area (Å²) >= 11 is 0. The zero-order valence-electron chi connectivity index (χ0n) is 64.3. The van der Waals surface area contributed by atoms with E-state index >= 15 is 0 Å². The van der Waals surface area contributed by atoms with Gasteiger partial charge in [0.25, 0.3) is 0 Å². The van der Waals surface area contributed by atoms with Crippen LogP contribution >= 0.6 is 0 Å². The number of nitrogens with zero attached hydrogens (tertiary/aromatic N) is 5. The number of carboxylic acids is 6. The van der Waals surface area contributed by atoms with Crippen molar-refractivity contribution in [2.75, 3.05) is 112 Å². The lowest BCUT2D eigenvalue weighted by molar-refractivity contribution is -0.150. The number of ketones is 1. The average Bonchev–Trinajstić information content (AvgIpc) is 1.66. The number of hydrogen-bond donors (Lipinski definition) is 9. The first kappa shape index (κ1) is 95.6. The number of Topliss-reactive ketones (excluding diaryl/α,β-unsaturated/α-hetero) is 1. The molecule has 26 nitrogen and oxygen atoms in total. The summed E-state index contributed by atoms with van der Waals surface area (Å²) in [5.74, 6) is -9.27. The van der Waals surface area contributed by atoms with Crippen molar-refractivity contribution in [2.24, 2.45) is 0 Å². The third-order valence-electron chi connectivity index (χ3n) is 19.4. The molecule has 1 fully saturated rings. The quantitative estimate of drug-likeness (QED) is 0.0155. The van der Waals surface area contributed by atoms with Gasteiger partial charge in [-0.15, -0.1) is 0 Å². The molecule has 0 aromatic rings. The van der Waals surface area contributed by atoms with Gasteiger partial charge in [-0.2, -0.15) is 0 Å². The molecule has 0 saturated carbocycles. The number of epoxide rings is 1. The molecule has 0 aromatic heterocycles. The first-order valence-corrected chi connectivity index (χ1v) is 40.0. The van der Waals surface area contributed by atoms with Crippen molar-refractivity contribution in [3.63, 3.8) is 0 Å². The Hall–Kier alpha value is -5.38. The van der Waals surface area contributed by atoms with Crippen LogP contribution in [-0.2, 0) is 57.4 Å². The summed E-state index contributed by atoms with van der Waals surface area (Å²) < 4.78 is 11.8. The highest BCUT2D eigenvalue weighted by atomic mass is 16.6. The van der Waals surface area contributed by atoms with Gasteiger partial charge in [0.1, 0.15) is 24.7 Å². The SMILES string of the molecule is CCCCCCCCCCCCCCCC(=O)CNC(CNC(=O)CCCCCCCCCCCCCCC)(CNC(=O)CCCCCCCCCCCCCCC)CN(C)C1OC1CC(=O)OCC(CN(CCN(CCN(CC(=O)O)CC(=O)O)CC(=O)O)CC(=O)O)N(CC(=O)O)CC(=O)O. The predicted octanol–water partition coefficient (Wildman–Crippen LogP) is 11.2. The van der Waals surface area contributed by atoms with E-state index in [-0.39, 0.29) is 82.9 Å². The lowest BCUT2D eigenvalue weighted by Gasteiger charge is -2.38. The van der Waals surface area contributed by atoms with Crippen LogP contribution in [-0.4, -0.2) is 250 Å². The molecule has 1 heterocycles. The average molecular weight is 1470 g/mol. The number of aliphatic carboxylic acids is 6. The smallest absolute Gasteiger partial charge is 0.317 e. The number of hydrogen-bond acceptors (Lipinski definition) is 18. The molecule has 1 rings (SSSR count). The maximum absolute atomic E-state index is 13.9. The fourth-order valence-corrected chi connectivity index (χ4v) is 13.3. The fraction of sp³-hybridized carbons (Fsp3) is 0.870. The Labute approximate surface area is 618 Å². The minimum Gasteiger partial charge on any atom is -0.480 e. The summed E-state index contributed by atoms with van der Waals surface area (Å²) in [6.45, 7) is 0.849. The Balaban J connectivity index is 3.41. The number of carbonyl (C=O) groups excluding carboxylic acids is 4. The molecule has 0 radical (unpaired) electrons. The van der Waals surface area contributed by atoms with Crippen molar-refractivity contribution in [3.8, 4) is 0 Å². The minimum absolute atomic E-state index is 0.000742. The Morgan fingerprint density at radius 1 is 0.408 bits per heavy atom. The number of carbonyl (C=O) groups is 10. The van der Waals surface area contributed by atoms with Crippen molar-refractivity contribution < 1.29 is 88.1 Å². The van der Waals surface area contributed by atoms with Crippen LogP contribution < -0.4 is 16.0 Å². The lowest BCUT2D eigenvalue weighted by atomic mass is 9.96. The molecule has 1 saturated heterocycles. The number of esters is 1. The molecular formula is C77H142N8O18. The van der Waals surface area contributed by atoms with E-state index in [0.717, 1.165) is 74.0 Å². The number of amides is 2. The van der Waals surface area contributed by atoms with Gasteiger partial charge < -0.3 is 56.1 Å². The van der Waals surface area contributed by atoms with Gasteiger partial charge in [-0.05, 0) is 26.3 Å². The van der Waals surface area contributed by atoms with Crippen molar-refractivity contribution in [1.82, 2.24) is 40.4 Å². The summed E-state index contributed by atoms with van der Waals surface area (Å²) in [6.07, 6.45) is 44.9. The number of ether oxygens (including phenoxy) is 2. The Morgan fingerprint density at radius 2 is 0.718 bits per heavy atom. The van der Waals surface area contributed by atoms with Crippen molar-refractivity contribution in [1.29, 1.82) is 0 Å². The molecule has 0 aromatic carbocycles. The zero-order valence-corrected chi connectivity index (χ0v) is 64.3. The summed E-state index contributed by atoms with van der Waals surface area (Å²) in [4.78, 5) is 133. The van der Waals surface area contributed by atoms with Crippen LogP contribution in [0.1, 0.15) is 297 Å². The molecule has 103 heavy (non-hydrogen) atoms. The second kappa shape index (κ2) is 62.8. The Bertz CT molecular complexity index is 2160. The highest BCUT2D eigenvalue weighted by Gasteiger charge is 2.47. The molecular weight excluding hydrogens is 1320 g/mol. The first-order chi connectivity index (χ1) is 49.5. The van der Waals surface area contributed by atoms with Crippen LogP contribution in [0.2, 0.25) is 0 Å². The monoisotopic (exact) mass is 1470 g/mol. The standard InChI is InChI=1S/C77H142N8O18/c1-5-8-11-14-17-20-23-26-29-32-35-38-41-44-65(86)52-80-77(61-78-67(87)45-42-39-36-33-30-27-24-21-18-15-12-9-6-2,62-79-68(88)46-43-40-37-34-31-28-25-22-19-16-13-10-7-3)63-81(4)76-66(103-76)51-75(101)102-60-64(85(58-73(97)98)59-74(99)100)53-83(55-70(91)92)49-47-82(54-69(89)90)48-50-84(56-71(93)94)57-72(95)96/h64,66,76,80H,5-63H2,1-4H3,(H,78,87)(H,79,88)(H,89,90)(H,91,92)(H,93,94)(H,95,96)(H,97,98)(H,99,100). The van der Waals surface area contributed by atoms with Gasteiger partial charge in [-0.25, -0.2) is 0 Å². The van der Waals surface area contributed by atoms with E-state index in [1.165, 1.54) is 183 Å². The normalized spacial score (nSPS) is 14.0. The van der Waals surface area contributed by atoms with E-state index < -0.39 is 112 Å². The summed E-state index contributed by atoms with van der Waals surface area (Å²) in [5.41, 5.74) is -1.10. The Morgan fingerprint density at radius 3 is 1.08 bits per heavy atom. The number of likely N-dealkylation sites (N-methyl/N-ethyl adjacent to an activating group) is 1. The largest absolute Gasteiger partial charge is 0.480 e. The van der Waals surface area contributed by atoms with Gasteiger partial charge in [0.2, 0.25) is 11.8 Å². The first-order valence-electron chi connectivity index (χ1n) is 40.0. The van der Waals surface area contributed by atoms with Gasteiger partial charge in [0, 0.05) is 71.6 Å². The van der Waals surface area contributed by atoms with Crippen molar-refractivity contribution >= 4 is 59.4 Å². The molecule has 598 valence electrons. The van der Waals surface area contributed by atoms with Crippen molar-refractivity contribution in [3.05, 3.63) is 0 Å². The van der Waals surface area contributed by atoms with Gasteiger partial charge >= 0.3 is 41.8 Å². The summed E-state index contributed by atoms with van der Waals surface area (Å²) in [5, 5.41) is 67.9. The molecule has 2 amide bonds. The molecule has 1 aliphatic rings. The van der Waals surface area contributed by atoms with Crippen LogP contribution in [0.5, 0.6) is 0 Å². The lowest BCUT2D eigenvalue weighted by Crippen LogP contribution is -2.65. The van der Waals surface area contributed by atoms with E-state index in [9.17, 15) is 78.6 Å². The van der Waals surface area contributed by atoms with Gasteiger partial charge in [0.05, 0.1) is 63.8 Å². The van der Waals surface area contributed by atoms with Crippen LogP contribution in [0.4, 0.5) is 0 Å². The summed E-state index contributed by atoms with van der Waals surface area (Å²) in [7, 11) is 1.77. The minimum atomic E-state index is -1.44. The third-order valence-corrected chi connectivity index (χ3v) is 19.4. The van der Waals surface area contributed by atoms with Crippen molar-refractivity contribution in [2.45, 2.75) is 321 Å². The van der Waals surface area contributed by atoms with Crippen LogP contribution in [0.3, 0.4) is 0 Å². The highest BCUT2D eigenvalue weighted by molar-refractivity contribution is 5.81. The molecule has 3 atom stereocenters. The highest BCUT2D eigenvalue weighted by Crippen LogP contribution is 2.30. The number of unbranched alkanes of at least 4 members (excludes halogenated alkanes) is 36. The van der Waals surface area contributed by atoms with E-state index in [1.807, 2.05) is 4.90 Å². The second-order valence-electron chi connectivity index (χ2n) is 29.2.